The number of allylic oxidation sites excluding steroid dienone is 2. The first-order valence-electron chi connectivity index (χ1n) is 12.5. The van der Waals surface area contributed by atoms with Gasteiger partial charge in [-0.25, -0.2) is 9.78 Å². The summed E-state index contributed by atoms with van der Waals surface area (Å²) in [5.41, 5.74) is 1.86. The van der Waals surface area contributed by atoms with E-state index in [0.717, 1.165) is 27.7 Å². The van der Waals surface area contributed by atoms with Crippen molar-refractivity contribution in [3.63, 3.8) is 0 Å². The summed E-state index contributed by atoms with van der Waals surface area (Å²) in [5, 5.41) is 18.8. The fraction of sp³-hybridized carbons (Fsp3) is 0.357. The molecule has 0 bridgehead atoms. The standard InChI is InChI=1S/C28H30N4O4S/c1-17(2)37-23-24(28(25(23)33)9-13-36-14-10-28)32-22(27(34)35)15-18-3-5-20(6-4-18)31-26-21-16-29-11-7-19(21)8-12-30-26/h3-8,11-12,16-17,22,32H,9-10,13-15H2,1-2H3,(H,30,31)(H,34,35). The Hall–Kier alpha value is -3.43. The maximum Gasteiger partial charge on any atom is 0.326 e. The molecule has 1 unspecified atom stereocenters. The number of fused-ring (bicyclic) bond motifs is 1. The first-order valence-corrected chi connectivity index (χ1v) is 13.3. The lowest BCUT2D eigenvalue weighted by Crippen LogP contribution is -2.55. The number of Topliss-reactive ketones (excluding diaryl/α,β-unsaturated/α-hetero) is 1. The zero-order valence-electron chi connectivity index (χ0n) is 20.9. The molecule has 9 heteroatoms. The third kappa shape index (κ3) is 5.06. The van der Waals surface area contributed by atoms with Crippen LogP contribution in [-0.4, -0.2) is 51.3 Å². The number of ether oxygens (including phenoxy) is 1. The number of carbonyl (C=O) groups excluding carboxylic acids is 1. The lowest BCUT2D eigenvalue weighted by molar-refractivity contribution is -0.140. The quantitative estimate of drug-likeness (QED) is 0.371. The van der Waals surface area contributed by atoms with Crippen LogP contribution in [0.3, 0.4) is 0 Å². The van der Waals surface area contributed by atoms with E-state index in [1.807, 2.05) is 50.2 Å². The highest BCUT2D eigenvalue weighted by Gasteiger charge is 2.55. The molecule has 1 saturated heterocycles. The average Bonchev–Trinajstić information content (AvgIpc) is 2.91. The number of thioether (sulfide) groups is 1. The zero-order valence-corrected chi connectivity index (χ0v) is 21.7. The van der Waals surface area contributed by atoms with Gasteiger partial charge in [0, 0.05) is 60.2 Å². The molecule has 1 atom stereocenters. The number of aromatic nitrogens is 2. The highest BCUT2D eigenvalue weighted by Crippen LogP contribution is 2.53. The summed E-state index contributed by atoms with van der Waals surface area (Å²) in [6.45, 7) is 5.08. The van der Waals surface area contributed by atoms with Crippen LogP contribution in [0.15, 0.2) is 65.6 Å². The molecule has 192 valence electrons. The van der Waals surface area contributed by atoms with E-state index < -0.39 is 17.4 Å². The Balaban J connectivity index is 1.33. The molecule has 1 aliphatic heterocycles. The van der Waals surface area contributed by atoms with E-state index in [9.17, 15) is 14.7 Å². The van der Waals surface area contributed by atoms with Crippen LogP contribution < -0.4 is 10.6 Å². The van der Waals surface area contributed by atoms with Crippen molar-refractivity contribution < 1.29 is 19.4 Å². The van der Waals surface area contributed by atoms with Crippen LogP contribution in [0.2, 0.25) is 0 Å². The van der Waals surface area contributed by atoms with E-state index in [0.29, 0.717) is 36.8 Å². The van der Waals surface area contributed by atoms with Gasteiger partial charge in [-0.2, -0.15) is 0 Å². The largest absolute Gasteiger partial charge is 0.480 e. The molecular weight excluding hydrogens is 488 g/mol. The number of rotatable bonds is 9. The van der Waals surface area contributed by atoms with Gasteiger partial charge in [0.15, 0.2) is 5.78 Å². The number of aliphatic carboxylic acids is 1. The minimum atomic E-state index is -0.947. The van der Waals surface area contributed by atoms with Gasteiger partial charge >= 0.3 is 5.97 Å². The number of pyridine rings is 2. The van der Waals surface area contributed by atoms with Crippen LogP contribution in [-0.2, 0) is 20.7 Å². The van der Waals surface area contributed by atoms with Crippen molar-refractivity contribution in [3.05, 3.63) is 71.2 Å². The number of nitrogens with one attached hydrogen (secondary N) is 2. The Bertz CT molecular complexity index is 1340. The molecule has 0 amide bonds. The van der Waals surface area contributed by atoms with E-state index in [4.69, 9.17) is 4.74 Å². The molecule has 1 aromatic carbocycles. The van der Waals surface area contributed by atoms with Gasteiger partial charge in [-0.1, -0.05) is 26.0 Å². The molecule has 2 aliphatic rings. The number of carbonyl (C=O) groups is 2. The SMILES string of the molecule is CC(C)SC1=C(NC(Cc2ccc(Nc3nccc4ccncc34)cc2)C(=O)O)C2(CCOCC2)C1=O. The molecule has 1 spiro atoms. The smallest absolute Gasteiger partial charge is 0.326 e. The number of anilines is 2. The Morgan fingerprint density at radius 2 is 1.86 bits per heavy atom. The van der Waals surface area contributed by atoms with E-state index >= 15 is 0 Å². The van der Waals surface area contributed by atoms with Crippen molar-refractivity contribution >= 4 is 45.8 Å². The van der Waals surface area contributed by atoms with Crippen LogP contribution in [0.5, 0.6) is 0 Å². The van der Waals surface area contributed by atoms with Crippen LogP contribution in [0.1, 0.15) is 32.3 Å². The van der Waals surface area contributed by atoms with Crippen LogP contribution in [0.25, 0.3) is 10.8 Å². The molecule has 0 saturated carbocycles. The first kappa shape index (κ1) is 25.2. The lowest BCUT2D eigenvalue weighted by Gasteiger charge is -2.47. The molecule has 3 aromatic rings. The van der Waals surface area contributed by atoms with Gasteiger partial charge in [0.2, 0.25) is 0 Å². The van der Waals surface area contributed by atoms with Crippen molar-refractivity contribution in [2.45, 2.75) is 44.4 Å². The predicted molar refractivity (Wildman–Crippen MR) is 145 cm³/mol. The van der Waals surface area contributed by atoms with Crippen LogP contribution >= 0.6 is 11.8 Å². The molecule has 37 heavy (non-hydrogen) atoms. The second-order valence-corrected chi connectivity index (χ2v) is 11.3. The Labute approximate surface area is 219 Å². The monoisotopic (exact) mass is 518 g/mol. The molecule has 1 fully saturated rings. The summed E-state index contributed by atoms with van der Waals surface area (Å²) >= 11 is 1.50. The van der Waals surface area contributed by atoms with Crippen molar-refractivity contribution in [3.8, 4) is 0 Å². The Morgan fingerprint density at radius 1 is 1.14 bits per heavy atom. The van der Waals surface area contributed by atoms with E-state index in [1.54, 1.807) is 18.6 Å². The summed E-state index contributed by atoms with van der Waals surface area (Å²) in [6.07, 6.45) is 6.73. The van der Waals surface area contributed by atoms with Crippen molar-refractivity contribution in [2.75, 3.05) is 18.5 Å². The van der Waals surface area contributed by atoms with Crippen molar-refractivity contribution in [1.29, 1.82) is 0 Å². The fourth-order valence-corrected chi connectivity index (χ4v) is 6.07. The molecule has 3 N–H and O–H groups in total. The number of hydrogen-bond acceptors (Lipinski definition) is 8. The fourth-order valence-electron chi connectivity index (χ4n) is 4.93. The van der Waals surface area contributed by atoms with Crippen molar-refractivity contribution in [2.24, 2.45) is 5.41 Å². The van der Waals surface area contributed by atoms with Gasteiger partial charge in [0.25, 0.3) is 0 Å². The maximum atomic E-state index is 13.1. The average molecular weight is 519 g/mol. The highest BCUT2D eigenvalue weighted by atomic mass is 32.2. The summed E-state index contributed by atoms with van der Waals surface area (Å²) in [6, 6.07) is 10.7. The molecule has 0 radical (unpaired) electrons. The Kier molecular flexibility index (Phi) is 7.17. The summed E-state index contributed by atoms with van der Waals surface area (Å²) in [4.78, 5) is 34.7. The second-order valence-electron chi connectivity index (χ2n) is 9.71. The minimum absolute atomic E-state index is 0.119. The zero-order chi connectivity index (χ0) is 26.0. The minimum Gasteiger partial charge on any atom is -0.480 e. The lowest BCUT2D eigenvalue weighted by atomic mass is 9.65. The number of carboxylic acid groups (broad SMARTS) is 1. The van der Waals surface area contributed by atoms with Crippen LogP contribution in [0, 0.1) is 5.41 Å². The highest BCUT2D eigenvalue weighted by molar-refractivity contribution is 8.04. The number of hydrogen-bond donors (Lipinski definition) is 3. The predicted octanol–water partition coefficient (Wildman–Crippen LogP) is 4.69. The number of nitrogens with zero attached hydrogens (tertiary/aromatic N) is 2. The number of carboxylic acids is 1. The van der Waals surface area contributed by atoms with E-state index in [-0.39, 0.29) is 17.5 Å². The number of benzene rings is 1. The normalized spacial score (nSPS) is 17.6. The topological polar surface area (TPSA) is 113 Å². The van der Waals surface area contributed by atoms with Gasteiger partial charge in [0.05, 0.1) is 10.3 Å². The van der Waals surface area contributed by atoms with Gasteiger partial charge in [0.1, 0.15) is 11.9 Å². The molecular formula is C28H30N4O4S. The summed E-state index contributed by atoms with van der Waals surface area (Å²) in [7, 11) is 0. The summed E-state index contributed by atoms with van der Waals surface area (Å²) < 4.78 is 5.50. The van der Waals surface area contributed by atoms with Crippen LogP contribution in [0.4, 0.5) is 11.5 Å². The second kappa shape index (κ2) is 10.5. The summed E-state index contributed by atoms with van der Waals surface area (Å²) in [5.74, 6) is -0.117. The number of ketones is 1. The molecule has 8 nitrogen and oxygen atoms in total. The van der Waals surface area contributed by atoms with E-state index in [1.165, 1.54) is 11.8 Å². The van der Waals surface area contributed by atoms with Crippen molar-refractivity contribution in [1.82, 2.24) is 15.3 Å². The first-order chi connectivity index (χ1) is 17.9. The van der Waals surface area contributed by atoms with Gasteiger partial charge in [-0.3, -0.25) is 9.78 Å². The van der Waals surface area contributed by atoms with Gasteiger partial charge < -0.3 is 20.5 Å². The third-order valence-electron chi connectivity index (χ3n) is 6.89. The molecule has 3 heterocycles. The van der Waals surface area contributed by atoms with E-state index in [2.05, 4.69) is 20.6 Å². The third-order valence-corrected chi connectivity index (χ3v) is 7.98. The maximum absolute atomic E-state index is 13.1. The molecule has 5 rings (SSSR count). The van der Waals surface area contributed by atoms with Gasteiger partial charge in [-0.05, 0) is 48.1 Å². The molecule has 2 aromatic heterocycles. The van der Waals surface area contributed by atoms with Gasteiger partial charge in [-0.15, -0.1) is 11.8 Å². The molecule has 1 aliphatic carbocycles. The Morgan fingerprint density at radius 3 is 2.57 bits per heavy atom.